The third-order valence-corrected chi connectivity index (χ3v) is 3.56. The Morgan fingerprint density at radius 1 is 1.47 bits per heavy atom. The van der Waals surface area contributed by atoms with E-state index in [0.29, 0.717) is 35.7 Å². The fraction of sp³-hybridized carbons (Fsp3) is 0.714. The van der Waals surface area contributed by atoms with E-state index in [4.69, 9.17) is 9.15 Å². The summed E-state index contributed by atoms with van der Waals surface area (Å²) in [6, 6.07) is 0. The SMILES string of the molecule is Cc1nc(C)c(C(=O)NCC2CCOC2C(C)C)o1. The maximum absolute atomic E-state index is 12.0. The highest BCUT2D eigenvalue weighted by Crippen LogP contribution is 2.26. The lowest BCUT2D eigenvalue weighted by Gasteiger charge is -2.21. The normalized spacial score (nSPS) is 23.0. The molecular weight excluding hydrogens is 244 g/mol. The van der Waals surface area contributed by atoms with Crippen LogP contribution in [0.15, 0.2) is 4.42 Å². The van der Waals surface area contributed by atoms with Gasteiger partial charge in [0.05, 0.1) is 11.8 Å². The van der Waals surface area contributed by atoms with Gasteiger partial charge in [-0.3, -0.25) is 4.79 Å². The largest absolute Gasteiger partial charge is 0.436 e. The molecule has 0 saturated carbocycles. The van der Waals surface area contributed by atoms with Crippen LogP contribution in [-0.2, 0) is 4.74 Å². The van der Waals surface area contributed by atoms with Crippen molar-refractivity contribution in [2.24, 2.45) is 11.8 Å². The van der Waals surface area contributed by atoms with Gasteiger partial charge in [0.15, 0.2) is 5.89 Å². The van der Waals surface area contributed by atoms with Gasteiger partial charge in [0.1, 0.15) is 0 Å². The summed E-state index contributed by atoms with van der Waals surface area (Å²) < 4.78 is 11.0. The van der Waals surface area contributed by atoms with Crippen LogP contribution >= 0.6 is 0 Å². The van der Waals surface area contributed by atoms with E-state index in [9.17, 15) is 4.79 Å². The molecule has 2 heterocycles. The molecule has 1 saturated heterocycles. The molecule has 1 aromatic heterocycles. The fourth-order valence-electron chi connectivity index (χ4n) is 2.66. The quantitative estimate of drug-likeness (QED) is 0.906. The van der Waals surface area contributed by atoms with Gasteiger partial charge in [-0.1, -0.05) is 13.8 Å². The third kappa shape index (κ3) is 3.15. The first-order valence-corrected chi connectivity index (χ1v) is 6.83. The van der Waals surface area contributed by atoms with Crippen molar-refractivity contribution in [2.45, 2.75) is 40.2 Å². The molecule has 0 aromatic carbocycles. The van der Waals surface area contributed by atoms with Gasteiger partial charge in [0.25, 0.3) is 5.91 Å². The number of rotatable bonds is 4. The molecule has 5 nitrogen and oxygen atoms in total. The highest BCUT2D eigenvalue weighted by molar-refractivity contribution is 5.92. The molecule has 2 atom stereocenters. The van der Waals surface area contributed by atoms with Crippen molar-refractivity contribution in [3.8, 4) is 0 Å². The van der Waals surface area contributed by atoms with Crippen LogP contribution in [0.2, 0.25) is 0 Å². The first kappa shape index (κ1) is 14.1. The second-order valence-corrected chi connectivity index (χ2v) is 5.49. The molecule has 19 heavy (non-hydrogen) atoms. The van der Waals surface area contributed by atoms with E-state index < -0.39 is 0 Å². The molecule has 1 N–H and O–H groups in total. The number of ether oxygens (including phenoxy) is 1. The smallest absolute Gasteiger partial charge is 0.289 e. The van der Waals surface area contributed by atoms with Crippen LogP contribution < -0.4 is 5.32 Å². The van der Waals surface area contributed by atoms with E-state index in [-0.39, 0.29) is 12.0 Å². The Balaban J connectivity index is 1.92. The van der Waals surface area contributed by atoms with Crippen LogP contribution in [0, 0.1) is 25.7 Å². The van der Waals surface area contributed by atoms with Gasteiger partial charge in [-0.2, -0.15) is 0 Å². The molecule has 0 bridgehead atoms. The molecule has 1 fully saturated rings. The standard InChI is InChI=1S/C14H22N2O3/c1-8(2)12-11(5-6-18-12)7-15-14(17)13-9(3)16-10(4)19-13/h8,11-12H,5-7H2,1-4H3,(H,15,17). The van der Waals surface area contributed by atoms with Gasteiger partial charge in [0.2, 0.25) is 5.76 Å². The third-order valence-electron chi connectivity index (χ3n) is 3.56. The van der Waals surface area contributed by atoms with Crippen molar-refractivity contribution < 1.29 is 13.9 Å². The van der Waals surface area contributed by atoms with E-state index >= 15 is 0 Å². The highest BCUT2D eigenvalue weighted by atomic mass is 16.5. The number of hydrogen-bond acceptors (Lipinski definition) is 4. The second-order valence-electron chi connectivity index (χ2n) is 5.49. The van der Waals surface area contributed by atoms with E-state index in [1.54, 1.807) is 13.8 Å². The Bertz CT molecular complexity index is 454. The summed E-state index contributed by atoms with van der Waals surface area (Å²) in [7, 11) is 0. The zero-order chi connectivity index (χ0) is 14.0. The topological polar surface area (TPSA) is 64.4 Å². The van der Waals surface area contributed by atoms with Crippen molar-refractivity contribution in [3.63, 3.8) is 0 Å². The Morgan fingerprint density at radius 2 is 2.21 bits per heavy atom. The van der Waals surface area contributed by atoms with Gasteiger partial charge in [-0.25, -0.2) is 4.98 Å². The molecule has 0 aliphatic carbocycles. The molecule has 106 valence electrons. The Hall–Kier alpha value is -1.36. The second kappa shape index (κ2) is 5.74. The summed E-state index contributed by atoms with van der Waals surface area (Å²) in [6.07, 6.45) is 1.23. The molecule has 1 amide bonds. The van der Waals surface area contributed by atoms with Crippen molar-refractivity contribution in [1.29, 1.82) is 0 Å². The number of carbonyl (C=O) groups excluding carboxylic acids is 1. The summed E-state index contributed by atoms with van der Waals surface area (Å²) in [6.45, 7) is 9.22. The summed E-state index contributed by atoms with van der Waals surface area (Å²) >= 11 is 0. The van der Waals surface area contributed by atoms with Crippen LogP contribution in [0.5, 0.6) is 0 Å². The molecule has 1 aliphatic rings. The zero-order valence-corrected chi connectivity index (χ0v) is 12.0. The summed E-state index contributed by atoms with van der Waals surface area (Å²) in [5, 5.41) is 2.93. The number of aromatic nitrogens is 1. The van der Waals surface area contributed by atoms with Gasteiger partial charge >= 0.3 is 0 Å². The van der Waals surface area contributed by atoms with Gasteiger partial charge in [0, 0.05) is 26.0 Å². The molecule has 1 aliphatic heterocycles. The van der Waals surface area contributed by atoms with Crippen molar-refractivity contribution >= 4 is 5.91 Å². The minimum Gasteiger partial charge on any atom is -0.436 e. The molecule has 0 spiro atoms. The minimum absolute atomic E-state index is 0.187. The van der Waals surface area contributed by atoms with Gasteiger partial charge in [-0.05, 0) is 19.3 Å². The Labute approximate surface area is 113 Å². The maximum atomic E-state index is 12.0. The fourth-order valence-corrected chi connectivity index (χ4v) is 2.66. The van der Waals surface area contributed by atoms with Crippen molar-refractivity contribution in [1.82, 2.24) is 10.3 Å². The predicted octanol–water partition coefficient (Wildman–Crippen LogP) is 2.08. The van der Waals surface area contributed by atoms with Crippen molar-refractivity contribution in [2.75, 3.05) is 13.2 Å². The Morgan fingerprint density at radius 3 is 2.79 bits per heavy atom. The number of nitrogens with one attached hydrogen (secondary N) is 1. The number of carbonyl (C=O) groups is 1. The summed E-state index contributed by atoms with van der Waals surface area (Å²) in [5.74, 6) is 1.50. The molecular formula is C14H22N2O3. The van der Waals surface area contributed by atoms with Gasteiger partial charge in [-0.15, -0.1) is 0 Å². The van der Waals surface area contributed by atoms with Crippen LogP contribution in [0.25, 0.3) is 0 Å². The first-order valence-electron chi connectivity index (χ1n) is 6.83. The van der Waals surface area contributed by atoms with E-state index in [1.807, 2.05) is 0 Å². The Kier molecular flexibility index (Phi) is 4.24. The summed E-state index contributed by atoms with van der Waals surface area (Å²) in [4.78, 5) is 16.1. The minimum atomic E-state index is -0.187. The lowest BCUT2D eigenvalue weighted by molar-refractivity contribution is 0.0531. The van der Waals surface area contributed by atoms with E-state index in [0.717, 1.165) is 13.0 Å². The predicted molar refractivity (Wildman–Crippen MR) is 71.0 cm³/mol. The number of oxazole rings is 1. The van der Waals surface area contributed by atoms with Crippen LogP contribution in [0.1, 0.15) is 42.4 Å². The molecule has 2 unspecified atom stereocenters. The van der Waals surface area contributed by atoms with Crippen LogP contribution in [0.4, 0.5) is 0 Å². The molecule has 2 rings (SSSR count). The first-order chi connectivity index (χ1) is 8.99. The molecule has 1 aromatic rings. The van der Waals surface area contributed by atoms with Crippen molar-refractivity contribution in [3.05, 3.63) is 17.3 Å². The molecule has 5 heteroatoms. The molecule has 0 radical (unpaired) electrons. The monoisotopic (exact) mass is 266 g/mol. The average molecular weight is 266 g/mol. The maximum Gasteiger partial charge on any atom is 0.289 e. The lowest BCUT2D eigenvalue weighted by atomic mass is 9.93. The van der Waals surface area contributed by atoms with Gasteiger partial charge < -0.3 is 14.5 Å². The average Bonchev–Trinajstić information content (AvgIpc) is 2.92. The lowest BCUT2D eigenvalue weighted by Crippen LogP contribution is -2.35. The van der Waals surface area contributed by atoms with Crippen LogP contribution in [0.3, 0.4) is 0 Å². The number of hydrogen-bond donors (Lipinski definition) is 1. The van der Waals surface area contributed by atoms with Crippen LogP contribution in [-0.4, -0.2) is 30.1 Å². The van der Waals surface area contributed by atoms with E-state index in [2.05, 4.69) is 24.1 Å². The highest BCUT2D eigenvalue weighted by Gasteiger charge is 2.31. The number of nitrogens with zero attached hydrogens (tertiary/aromatic N) is 1. The van der Waals surface area contributed by atoms with E-state index in [1.165, 1.54) is 0 Å². The zero-order valence-electron chi connectivity index (χ0n) is 12.0. The summed E-state index contributed by atoms with van der Waals surface area (Å²) in [5.41, 5.74) is 0.637. The number of aryl methyl sites for hydroxylation is 2. The number of amides is 1.